The van der Waals surface area contributed by atoms with Crippen molar-refractivity contribution in [2.75, 3.05) is 18.4 Å². The number of rotatable bonds is 5. The first-order chi connectivity index (χ1) is 13.2. The third-order valence-electron chi connectivity index (χ3n) is 5.30. The maximum absolute atomic E-state index is 11.6. The van der Waals surface area contributed by atoms with E-state index in [1.807, 2.05) is 24.3 Å². The molecule has 1 aliphatic rings. The number of ketones is 1. The molecule has 0 radical (unpaired) electrons. The van der Waals surface area contributed by atoms with Crippen molar-refractivity contribution in [2.45, 2.75) is 25.2 Å². The lowest BCUT2D eigenvalue weighted by molar-refractivity contribution is 0.101. The number of thiazole rings is 1. The van der Waals surface area contributed by atoms with Gasteiger partial charge in [-0.25, -0.2) is 4.98 Å². The van der Waals surface area contributed by atoms with E-state index in [2.05, 4.69) is 46.3 Å². The third-order valence-corrected chi connectivity index (χ3v) is 6.06. The van der Waals surface area contributed by atoms with E-state index in [0.29, 0.717) is 5.56 Å². The molecule has 0 amide bonds. The second-order valence-electron chi connectivity index (χ2n) is 7.00. The number of nitrogens with one attached hydrogen (secondary N) is 2. The molecule has 27 heavy (non-hydrogen) atoms. The Morgan fingerprint density at radius 3 is 2.63 bits per heavy atom. The topological polar surface area (TPSA) is 54.0 Å². The Hall–Kier alpha value is -2.50. The largest absolute Gasteiger partial charge is 0.332 e. The lowest BCUT2D eigenvalue weighted by Crippen LogP contribution is -2.41. The smallest absolute Gasteiger partial charge is 0.187 e. The van der Waals surface area contributed by atoms with Crippen molar-refractivity contribution < 1.29 is 4.79 Å². The number of hydrogen-bond donors (Lipinski definition) is 2. The Morgan fingerprint density at radius 2 is 1.89 bits per heavy atom. The van der Waals surface area contributed by atoms with E-state index in [1.54, 1.807) is 18.3 Å². The predicted molar refractivity (Wildman–Crippen MR) is 111 cm³/mol. The van der Waals surface area contributed by atoms with E-state index in [0.717, 1.165) is 42.4 Å². The van der Waals surface area contributed by atoms with E-state index in [-0.39, 0.29) is 11.2 Å². The summed E-state index contributed by atoms with van der Waals surface area (Å²) in [5.74, 6) is 0.0659. The molecule has 3 aromatic rings. The van der Waals surface area contributed by atoms with Crippen LogP contribution >= 0.6 is 11.3 Å². The number of Topliss-reactive ketones (excluding diaryl/α,β-unsaturated/α-hetero) is 1. The van der Waals surface area contributed by atoms with Crippen LogP contribution in [0.25, 0.3) is 0 Å². The third kappa shape index (κ3) is 3.66. The average molecular weight is 378 g/mol. The van der Waals surface area contributed by atoms with Crippen LogP contribution in [0, 0.1) is 0 Å². The molecule has 2 heterocycles. The van der Waals surface area contributed by atoms with Crippen LogP contribution in [0.15, 0.2) is 60.0 Å². The highest BCUT2D eigenvalue weighted by Crippen LogP contribution is 2.41. The van der Waals surface area contributed by atoms with Crippen LogP contribution in [0.4, 0.5) is 10.8 Å². The van der Waals surface area contributed by atoms with E-state index < -0.39 is 0 Å². The number of carbonyl (C=O) groups is 1. The Morgan fingerprint density at radius 1 is 1.11 bits per heavy atom. The first-order valence-corrected chi connectivity index (χ1v) is 10.2. The van der Waals surface area contributed by atoms with Crippen LogP contribution < -0.4 is 10.6 Å². The van der Waals surface area contributed by atoms with Gasteiger partial charge in [-0.1, -0.05) is 42.5 Å². The van der Waals surface area contributed by atoms with Crippen LogP contribution in [0.3, 0.4) is 0 Å². The highest BCUT2D eigenvalue weighted by atomic mass is 32.1. The molecule has 1 fully saturated rings. The van der Waals surface area contributed by atoms with Gasteiger partial charge in [0.15, 0.2) is 10.9 Å². The lowest BCUT2D eigenvalue weighted by atomic mass is 9.71. The predicted octanol–water partition coefficient (Wildman–Crippen LogP) is 4.76. The summed E-state index contributed by atoms with van der Waals surface area (Å²) in [6.45, 7) is 3.58. The molecule has 0 atom stereocenters. The van der Waals surface area contributed by atoms with Crippen molar-refractivity contribution in [3.8, 4) is 0 Å². The number of benzene rings is 2. The first-order valence-electron chi connectivity index (χ1n) is 9.28. The average Bonchev–Trinajstić information content (AvgIpc) is 3.18. The van der Waals surface area contributed by atoms with Gasteiger partial charge in [0.05, 0.1) is 5.69 Å². The molecule has 2 N–H and O–H groups in total. The number of carbonyl (C=O) groups excluding carboxylic acids is 1. The summed E-state index contributed by atoms with van der Waals surface area (Å²) in [7, 11) is 0. The molecule has 0 unspecified atom stereocenters. The van der Waals surface area contributed by atoms with Gasteiger partial charge in [-0.15, -0.1) is 11.3 Å². The van der Waals surface area contributed by atoms with E-state index in [1.165, 1.54) is 5.56 Å². The van der Waals surface area contributed by atoms with Gasteiger partial charge in [-0.2, -0.15) is 0 Å². The van der Waals surface area contributed by atoms with Crippen molar-refractivity contribution in [2.24, 2.45) is 0 Å². The quantitative estimate of drug-likeness (QED) is 0.630. The van der Waals surface area contributed by atoms with Gasteiger partial charge >= 0.3 is 0 Å². The highest BCUT2D eigenvalue weighted by molar-refractivity contribution is 7.13. The number of aromatic nitrogens is 1. The summed E-state index contributed by atoms with van der Waals surface area (Å²) in [5.41, 5.74) is 4.02. The van der Waals surface area contributed by atoms with Crippen LogP contribution in [-0.4, -0.2) is 23.9 Å². The van der Waals surface area contributed by atoms with Crippen molar-refractivity contribution in [1.82, 2.24) is 10.3 Å². The van der Waals surface area contributed by atoms with Crippen LogP contribution in [-0.2, 0) is 5.41 Å². The van der Waals surface area contributed by atoms with Crippen molar-refractivity contribution in [3.63, 3.8) is 0 Å². The van der Waals surface area contributed by atoms with Gasteiger partial charge in [-0.05, 0) is 50.6 Å². The Labute approximate surface area is 163 Å². The Bertz CT molecular complexity index is 929. The van der Waals surface area contributed by atoms with Gasteiger partial charge < -0.3 is 10.6 Å². The Kier molecular flexibility index (Phi) is 5.05. The van der Waals surface area contributed by atoms with Gasteiger partial charge in [-0.3, -0.25) is 4.79 Å². The molecular weight excluding hydrogens is 354 g/mol. The lowest BCUT2D eigenvalue weighted by Gasteiger charge is -2.37. The summed E-state index contributed by atoms with van der Waals surface area (Å²) in [6, 6.07) is 18.3. The number of piperidine rings is 1. The van der Waals surface area contributed by atoms with Crippen LogP contribution in [0.1, 0.15) is 41.4 Å². The maximum atomic E-state index is 11.6. The molecule has 1 aromatic heterocycles. The molecule has 1 saturated heterocycles. The molecule has 138 valence electrons. The van der Waals surface area contributed by atoms with Gasteiger partial charge in [0.2, 0.25) is 0 Å². The normalized spacial score (nSPS) is 16.0. The fourth-order valence-corrected chi connectivity index (χ4v) is 4.62. The summed E-state index contributed by atoms with van der Waals surface area (Å²) in [5, 5.41) is 9.87. The summed E-state index contributed by atoms with van der Waals surface area (Å²) < 4.78 is 0. The second kappa shape index (κ2) is 7.62. The molecule has 4 nitrogen and oxygen atoms in total. The van der Waals surface area contributed by atoms with Gasteiger partial charge in [0.25, 0.3) is 0 Å². The second-order valence-corrected chi connectivity index (χ2v) is 7.86. The van der Waals surface area contributed by atoms with Crippen molar-refractivity contribution >= 4 is 27.9 Å². The first kappa shape index (κ1) is 17.9. The Balaban J connectivity index is 1.64. The molecule has 2 aromatic carbocycles. The standard InChI is InChI=1S/C22H23N3OS/c1-16(26)17-6-5-9-19(14-17)24-21-25-20(15-27-21)22(10-12-23-13-11-22)18-7-3-2-4-8-18/h2-9,14-15,23H,10-13H2,1H3,(H,24,25). The zero-order chi connectivity index (χ0) is 18.7. The number of anilines is 2. The van der Waals surface area contributed by atoms with E-state index >= 15 is 0 Å². The van der Waals surface area contributed by atoms with Crippen molar-refractivity contribution in [1.29, 1.82) is 0 Å². The minimum atomic E-state index is -0.0375. The fraction of sp³-hybridized carbons (Fsp3) is 0.273. The molecule has 0 saturated carbocycles. The van der Waals surface area contributed by atoms with Gasteiger partial charge in [0.1, 0.15) is 0 Å². The molecule has 1 aliphatic heterocycles. The van der Waals surface area contributed by atoms with Crippen LogP contribution in [0.2, 0.25) is 0 Å². The highest BCUT2D eigenvalue weighted by Gasteiger charge is 2.37. The minimum absolute atomic E-state index is 0.0375. The van der Waals surface area contributed by atoms with Gasteiger partial charge in [0, 0.05) is 22.0 Å². The number of nitrogens with zero attached hydrogens (tertiary/aromatic N) is 1. The van der Waals surface area contributed by atoms with Crippen LogP contribution in [0.5, 0.6) is 0 Å². The summed E-state index contributed by atoms with van der Waals surface area (Å²) in [4.78, 5) is 16.6. The minimum Gasteiger partial charge on any atom is -0.332 e. The summed E-state index contributed by atoms with van der Waals surface area (Å²) >= 11 is 1.62. The van der Waals surface area contributed by atoms with Crippen molar-refractivity contribution in [3.05, 3.63) is 76.8 Å². The molecule has 0 bridgehead atoms. The SMILES string of the molecule is CC(=O)c1cccc(Nc2nc(C3(c4ccccc4)CCNCC3)cs2)c1. The monoisotopic (exact) mass is 377 g/mol. The summed E-state index contributed by atoms with van der Waals surface area (Å²) in [6.07, 6.45) is 2.08. The van der Waals surface area contributed by atoms with E-state index in [4.69, 9.17) is 4.98 Å². The molecular formula is C22H23N3OS. The zero-order valence-corrected chi connectivity index (χ0v) is 16.2. The maximum Gasteiger partial charge on any atom is 0.187 e. The molecule has 4 rings (SSSR count). The number of hydrogen-bond acceptors (Lipinski definition) is 5. The zero-order valence-electron chi connectivity index (χ0n) is 15.4. The molecule has 0 spiro atoms. The molecule has 0 aliphatic carbocycles. The molecule has 5 heteroatoms. The fourth-order valence-electron chi connectivity index (χ4n) is 3.79. The van der Waals surface area contributed by atoms with E-state index in [9.17, 15) is 4.79 Å².